The van der Waals surface area contributed by atoms with Crippen LogP contribution in [0.5, 0.6) is 0 Å². The summed E-state index contributed by atoms with van der Waals surface area (Å²) in [7, 11) is 0. The Kier molecular flexibility index (Phi) is 6.29. The summed E-state index contributed by atoms with van der Waals surface area (Å²) in [4.78, 5) is 35.7. The first-order valence-corrected chi connectivity index (χ1v) is 8.57. The summed E-state index contributed by atoms with van der Waals surface area (Å²) in [5, 5.41) is 5.16. The lowest BCUT2D eigenvalue weighted by Crippen LogP contribution is -2.51. The lowest BCUT2D eigenvalue weighted by molar-refractivity contribution is -0.146. The van der Waals surface area contributed by atoms with Crippen molar-refractivity contribution in [2.45, 2.75) is 24.6 Å². The van der Waals surface area contributed by atoms with Gasteiger partial charge in [-0.1, -0.05) is 23.7 Å². The van der Waals surface area contributed by atoms with Gasteiger partial charge in [-0.15, -0.1) is 11.8 Å². The summed E-state index contributed by atoms with van der Waals surface area (Å²) in [5.41, 5.74) is 0.504. The molecule has 23 heavy (non-hydrogen) atoms. The van der Waals surface area contributed by atoms with Gasteiger partial charge in [0.15, 0.2) is 0 Å². The Morgan fingerprint density at radius 1 is 1.43 bits per heavy atom. The number of carbonyl (C=O) groups is 3. The van der Waals surface area contributed by atoms with E-state index in [2.05, 4.69) is 10.6 Å². The fraction of sp³-hybridized carbons (Fsp3) is 0.400. The zero-order valence-electron chi connectivity index (χ0n) is 12.5. The largest absolute Gasteiger partial charge is 0.464 e. The molecule has 0 aromatic heterocycles. The number of hydrogen-bond donors (Lipinski definition) is 2. The van der Waals surface area contributed by atoms with Gasteiger partial charge in [0.2, 0.25) is 11.8 Å². The fourth-order valence-corrected chi connectivity index (χ4v) is 3.36. The summed E-state index contributed by atoms with van der Waals surface area (Å²) < 4.78 is 4.88. The molecule has 2 N–H and O–H groups in total. The summed E-state index contributed by atoms with van der Waals surface area (Å²) in [6, 6.07) is 6.22. The highest BCUT2D eigenvalue weighted by atomic mass is 35.5. The van der Waals surface area contributed by atoms with Crippen LogP contribution in [0.2, 0.25) is 5.02 Å². The summed E-state index contributed by atoms with van der Waals surface area (Å²) in [6.45, 7) is 1.97. The molecule has 6 nitrogen and oxygen atoms in total. The molecule has 1 aromatic carbocycles. The van der Waals surface area contributed by atoms with Crippen LogP contribution in [-0.2, 0) is 19.1 Å². The van der Waals surface area contributed by atoms with E-state index < -0.39 is 17.3 Å². The number of anilines is 1. The standard InChI is InChI=1S/C15H17ClN2O4S/c1-2-22-15(21)11-8-23-12(14(20)18-11)7-13(19)17-10-6-4-3-5-9(10)16/h3-6,11-12H,2,7-8H2,1H3,(H,17,19)(H,18,20)/t11-,12+/m1/s1. The monoisotopic (exact) mass is 356 g/mol. The number of carbonyl (C=O) groups excluding carboxylic acids is 3. The van der Waals surface area contributed by atoms with Crippen LogP contribution in [0.3, 0.4) is 0 Å². The van der Waals surface area contributed by atoms with Crippen molar-refractivity contribution < 1.29 is 19.1 Å². The van der Waals surface area contributed by atoms with E-state index in [-0.39, 0.29) is 24.8 Å². The maximum Gasteiger partial charge on any atom is 0.329 e. The van der Waals surface area contributed by atoms with Crippen LogP contribution < -0.4 is 10.6 Å². The molecule has 124 valence electrons. The first-order chi connectivity index (χ1) is 11.0. The molecule has 0 aliphatic carbocycles. The number of thioether (sulfide) groups is 1. The molecule has 1 aromatic rings. The topological polar surface area (TPSA) is 84.5 Å². The summed E-state index contributed by atoms with van der Waals surface area (Å²) in [6.07, 6.45) is 0.0112. The molecule has 0 saturated carbocycles. The van der Waals surface area contributed by atoms with E-state index in [0.29, 0.717) is 16.5 Å². The number of benzene rings is 1. The summed E-state index contributed by atoms with van der Waals surface area (Å²) in [5.74, 6) is -0.713. The van der Waals surface area contributed by atoms with Crippen LogP contribution in [-0.4, -0.2) is 41.4 Å². The molecule has 2 rings (SSSR count). The molecule has 2 amide bonds. The van der Waals surface area contributed by atoms with Crippen LogP contribution in [0.15, 0.2) is 24.3 Å². The predicted octanol–water partition coefficient (Wildman–Crippen LogP) is 1.83. The first-order valence-electron chi connectivity index (χ1n) is 7.14. The number of rotatable bonds is 5. The minimum absolute atomic E-state index is 0.0112. The number of para-hydroxylation sites is 1. The van der Waals surface area contributed by atoms with Gasteiger partial charge < -0.3 is 15.4 Å². The number of halogens is 1. The maximum atomic E-state index is 12.0. The molecule has 1 fully saturated rings. The highest BCUT2D eigenvalue weighted by Crippen LogP contribution is 2.24. The molecule has 8 heteroatoms. The Morgan fingerprint density at radius 3 is 2.83 bits per heavy atom. The highest BCUT2D eigenvalue weighted by molar-refractivity contribution is 8.00. The van der Waals surface area contributed by atoms with E-state index >= 15 is 0 Å². The fourth-order valence-electron chi connectivity index (χ4n) is 2.05. The smallest absolute Gasteiger partial charge is 0.329 e. The Labute approximate surface area is 143 Å². The zero-order chi connectivity index (χ0) is 16.8. The van der Waals surface area contributed by atoms with Crippen molar-refractivity contribution >= 4 is 46.8 Å². The third-order valence-electron chi connectivity index (χ3n) is 3.16. The normalized spacial score (nSPS) is 20.5. The molecular weight excluding hydrogens is 340 g/mol. The lowest BCUT2D eigenvalue weighted by Gasteiger charge is -2.27. The summed E-state index contributed by atoms with van der Waals surface area (Å²) >= 11 is 7.24. The highest BCUT2D eigenvalue weighted by Gasteiger charge is 2.34. The second kappa shape index (κ2) is 8.21. The van der Waals surface area contributed by atoms with E-state index in [1.165, 1.54) is 11.8 Å². The second-order valence-electron chi connectivity index (χ2n) is 4.87. The van der Waals surface area contributed by atoms with Crippen LogP contribution in [0.4, 0.5) is 5.69 Å². The number of nitrogens with one attached hydrogen (secondary N) is 2. The molecule has 1 heterocycles. The van der Waals surface area contributed by atoms with Gasteiger partial charge in [-0.05, 0) is 19.1 Å². The van der Waals surface area contributed by atoms with Gasteiger partial charge in [0, 0.05) is 12.2 Å². The van der Waals surface area contributed by atoms with Crippen molar-refractivity contribution in [2.75, 3.05) is 17.7 Å². The molecule has 0 radical (unpaired) electrons. The van der Waals surface area contributed by atoms with E-state index in [0.717, 1.165) is 0 Å². The van der Waals surface area contributed by atoms with Crippen LogP contribution in [0.1, 0.15) is 13.3 Å². The number of ether oxygens (including phenoxy) is 1. The molecule has 1 saturated heterocycles. The molecule has 0 bridgehead atoms. The quantitative estimate of drug-likeness (QED) is 0.786. The molecule has 1 aliphatic rings. The van der Waals surface area contributed by atoms with Gasteiger partial charge in [0.1, 0.15) is 6.04 Å². The van der Waals surface area contributed by atoms with Crippen LogP contribution in [0.25, 0.3) is 0 Å². The van der Waals surface area contributed by atoms with Crippen molar-refractivity contribution in [1.29, 1.82) is 0 Å². The molecular formula is C15H17ClN2O4S. The van der Waals surface area contributed by atoms with Crippen molar-refractivity contribution in [3.8, 4) is 0 Å². The van der Waals surface area contributed by atoms with E-state index in [1.54, 1.807) is 31.2 Å². The SMILES string of the molecule is CCOC(=O)[C@H]1CS[C@@H](CC(=O)Nc2ccccc2Cl)C(=O)N1. The second-order valence-corrected chi connectivity index (χ2v) is 6.51. The van der Waals surface area contributed by atoms with Gasteiger partial charge in [0.05, 0.1) is 22.6 Å². The minimum Gasteiger partial charge on any atom is -0.464 e. The van der Waals surface area contributed by atoms with Gasteiger partial charge in [-0.3, -0.25) is 9.59 Å². The average Bonchev–Trinajstić information content (AvgIpc) is 2.52. The molecule has 0 spiro atoms. The third kappa shape index (κ3) is 4.87. The zero-order valence-corrected chi connectivity index (χ0v) is 14.1. The van der Waals surface area contributed by atoms with E-state index in [1.807, 2.05) is 0 Å². The number of amides is 2. The van der Waals surface area contributed by atoms with Crippen molar-refractivity contribution in [2.24, 2.45) is 0 Å². The molecule has 0 unspecified atom stereocenters. The van der Waals surface area contributed by atoms with Gasteiger partial charge in [-0.25, -0.2) is 4.79 Å². The molecule has 1 aliphatic heterocycles. The average molecular weight is 357 g/mol. The Bertz CT molecular complexity index is 611. The number of hydrogen-bond acceptors (Lipinski definition) is 5. The maximum absolute atomic E-state index is 12.0. The Hall–Kier alpha value is -1.73. The van der Waals surface area contributed by atoms with Crippen LogP contribution >= 0.6 is 23.4 Å². The van der Waals surface area contributed by atoms with E-state index in [4.69, 9.17) is 16.3 Å². The predicted molar refractivity (Wildman–Crippen MR) is 89.5 cm³/mol. The van der Waals surface area contributed by atoms with Crippen molar-refractivity contribution in [3.63, 3.8) is 0 Å². The van der Waals surface area contributed by atoms with Gasteiger partial charge in [0.25, 0.3) is 0 Å². The van der Waals surface area contributed by atoms with Crippen molar-refractivity contribution in [1.82, 2.24) is 5.32 Å². The minimum atomic E-state index is -0.657. The Morgan fingerprint density at radius 2 is 2.17 bits per heavy atom. The van der Waals surface area contributed by atoms with Gasteiger partial charge >= 0.3 is 5.97 Å². The van der Waals surface area contributed by atoms with Crippen molar-refractivity contribution in [3.05, 3.63) is 29.3 Å². The molecule has 2 atom stereocenters. The van der Waals surface area contributed by atoms with E-state index in [9.17, 15) is 14.4 Å². The Balaban J connectivity index is 1.87. The third-order valence-corrected chi connectivity index (χ3v) is 4.80. The van der Waals surface area contributed by atoms with Crippen LogP contribution in [0, 0.1) is 0 Å². The lowest BCUT2D eigenvalue weighted by atomic mass is 10.2. The van der Waals surface area contributed by atoms with Gasteiger partial charge in [-0.2, -0.15) is 0 Å². The number of esters is 1. The first kappa shape index (κ1) is 17.6.